The summed E-state index contributed by atoms with van der Waals surface area (Å²) >= 11 is 0. The van der Waals surface area contributed by atoms with Crippen LogP contribution in [0.5, 0.6) is 0 Å². The van der Waals surface area contributed by atoms with Crippen LogP contribution in [0.4, 0.5) is 0 Å². The van der Waals surface area contributed by atoms with Crippen LogP contribution < -0.4 is 5.73 Å². The fourth-order valence-electron chi connectivity index (χ4n) is 2.86. The molecule has 2 fully saturated rings. The molecule has 2 aliphatic rings. The van der Waals surface area contributed by atoms with Crippen LogP contribution in [-0.4, -0.2) is 26.9 Å². The Morgan fingerprint density at radius 2 is 1.68 bits per heavy atom. The molecule has 1 saturated heterocycles. The fourth-order valence-corrected chi connectivity index (χ4v) is 4.31. The number of benzene rings is 1. The van der Waals surface area contributed by atoms with Crippen LogP contribution in [0.3, 0.4) is 0 Å². The van der Waals surface area contributed by atoms with Gasteiger partial charge >= 0.3 is 0 Å². The molecule has 0 bridgehead atoms. The third-order valence-corrected chi connectivity index (χ3v) is 6.38. The van der Waals surface area contributed by atoms with Gasteiger partial charge in [-0.15, -0.1) is 0 Å². The quantitative estimate of drug-likeness (QED) is 0.913. The minimum absolute atomic E-state index is 0.262. The van der Waals surface area contributed by atoms with Gasteiger partial charge in [0, 0.05) is 5.54 Å². The van der Waals surface area contributed by atoms with Gasteiger partial charge in [0.2, 0.25) is 0 Å². The molecular formula is C14H19NO3S. The Hall–Kier alpha value is -0.910. The summed E-state index contributed by atoms with van der Waals surface area (Å²) in [6.07, 6.45) is 4.26. The molecule has 0 radical (unpaired) electrons. The van der Waals surface area contributed by atoms with Crippen molar-refractivity contribution >= 4 is 9.84 Å². The molecule has 5 heteroatoms. The zero-order valence-corrected chi connectivity index (χ0v) is 11.7. The Labute approximate surface area is 113 Å². The molecule has 0 amide bonds. The van der Waals surface area contributed by atoms with E-state index >= 15 is 0 Å². The van der Waals surface area contributed by atoms with Crippen molar-refractivity contribution in [2.24, 2.45) is 5.73 Å². The lowest BCUT2D eigenvalue weighted by atomic mass is 9.90. The molecule has 1 heterocycles. The average Bonchev–Trinajstić information content (AvgIpc) is 2.75. The van der Waals surface area contributed by atoms with Gasteiger partial charge < -0.3 is 10.5 Å². The first-order chi connectivity index (χ1) is 9.02. The van der Waals surface area contributed by atoms with E-state index in [1.807, 2.05) is 12.1 Å². The second kappa shape index (κ2) is 4.58. The van der Waals surface area contributed by atoms with Crippen LogP contribution >= 0.6 is 0 Å². The van der Waals surface area contributed by atoms with E-state index in [-0.39, 0.29) is 10.8 Å². The van der Waals surface area contributed by atoms with Crippen LogP contribution in [0.2, 0.25) is 0 Å². The lowest BCUT2D eigenvalue weighted by Crippen LogP contribution is -2.40. The predicted octanol–water partition coefficient (Wildman–Crippen LogP) is 1.59. The second-order valence-electron chi connectivity index (χ2n) is 5.59. The van der Waals surface area contributed by atoms with Crippen molar-refractivity contribution in [2.45, 2.75) is 41.4 Å². The summed E-state index contributed by atoms with van der Waals surface area (Å²) in [5.41, 5.74) is 7.15. The number of nitrogens with two attached hydrogens (primary N) is 1. The Morgan fingerprint density at radius 1 is 1.11 bits per heavy atom. The molecule has 1 aliphatic heterocycles. The van der Waals surface area contributed by atoms with Gasteiger partial charge in [-0.1, -0.05) is 25.0 Å². The monoisotopic (exact) mass is 281 g/mol. The highest BCUT2D eigenvalue weighted by Gasteiger charge is 2.35. The van der Waals surface area contributed by atoms with E-state index in [0.29, 0.717) is 18.1 Å². The van der Waals surface area contributed by atoms with Crippen molar-refractivity contribution in [3.05, 3.63) is 29.8 Å². The molecule has 0 aromatic heterocycles. The van der Waals surface area contributed by atoms with Crippen LogP contribution in [0.1, 0.15) is 31.2 Å². The zero-order chi connectivity index (χ0) is 13.5. The van der Waals surface area contributed by atoms with Crippen molar-refractivity contribution in [1.82, 2.24) is 0 Å². The van der Waals surface area contributed by atoms with Gasteiger partial charge in [-0.2, -0.15) is 0 Å². The maximum atomic E-state index is 12.2. The molecule has 2 N–H and O–H groups in total. The lowest BCUT2D eigenvalue weighted by molar-refractivity contribution is 0.0416. The summed E-state index contributed by atoms with van der Waals surface area (Å²) < 4.78 is 29.4. The zero-order valence-electron chi connectivity index (χ0n) is 10.8. The van der Waals surface area contributed by atoms with E-state index in [1.54, 1.807) is 12.1 Å². The first-order valence-electron chi connectivity index (χ1n) is 6.73. The summed E-state index contributed by atoms with van der Waals surface area (Å²) in [6.45, 7) is 0.621. The highest BCUT2D eigenvalue weighted by atomic mass is 32.2. The smallest absolute Gasteiger partial charge is 0.185 e. The summed E-state index contributed by atoms with van der Waals surface area (Å²) in [6, 6.07) is 7.13. The average molecular weight is 281 g/mol. The summed E-state index contributed by atoms with van der Waals surface area (Å²) in [5, 5.41) is -0.378. The largest absolute Gasteiger partial charge is 0.379 e. The topological polar surface area (TPSA) is 69.4 Å². The summed E-state index contributed by atoms with van der Waals surface area (Å²) in [7, 11) is -3.23. The van der Waals surface area contributed by atoms with Gasteiger partial charge in [-0.3, -0.25) is 0 Å². The van der Waals surface area contributed by atoms with Crippen molar-refractivity contribution < 1.29 is 13.2 Å². The van der Waals surface area contributed by atoms with Gasteiger partial charge in [-0.05, 0) is 30.5 Å². The maximum Gasteiger partial charge on any atom is 0.185 e. The lowest BCUT2D eigenvalue weighted by Gasteiger charge is -2.27. The molecule has 1 saturated carbocycles. The van der Waals surface area contributed by atoms with Gasteiger partial charge in [0.05, 0.1) is 18.1 Å². The molecule has 3 rings (SSSR count). The first kappa shape index (κ1) is 13.1. The van der Waals surface area contributed by atoms with Gasteiger partial charge in [0.15, 0.2) is 9.84 Å². The fraction of sp³-hybridized carbons (Fsp3) is 0.571. The predicted molar refractivity (Wildman–Crippen MR) is 72.6 cm³/mol. The number of sulfone groups is 1. The third kappa shape index (κ3) is 2.20. The van der Waals surface area contributed by atoms with E-state index in [9.17, 15) is 8.42 Å². The van der Waals surface area contributed by atoms with E-state index < -0.39 is 9.84 Å². The Kier molecular flexibility index (Phi) is 3.15. The van der Waals surface area contributed by atoms with Crippen LogP contribution in [0.25, 0.3) is 0 Å². The maximum absolute atomic E-state index is 12.2. The van der Waals surface area contributed by atoms with E-state index in [0.717, 1.165) is 31.2 Å². The first-order valence-corrected chi connectivity index (χ1v) is 8.28. The van der Waals surface area contributed by atoms with Crippen molar-refractivity contribution in [1.29, 1.82) is 0 Å². The van der Waals surface area contributed by atoms with Crippen LogP contribution in [-0.2, 0) is 20.1 Å². The third-order valence-electron chi connectivity index (χ3n) is 4.30. The Balaban J connectivity index is 1.86. The standard InChI is InChI=1S/C14H19NO3S/c15-14(7-1-2-8-14)11-3-5-12(6-4-11)19(16,17)13-9-18-10-13/h3-6,13H,1-2,7-10,15H2. The molecule has 0 spiro atoms. The van der Waals surface area contributed by atoms with Gasteiger partial charge in [0.1, 0.15) is 5.25 Å². The van der Waals surface area contributed by atoms with Gasteiger partial charge in [0.25, 0.3) is 0 Å². The molecular weight excluding hydrogens is 262 g/mol. The number of ether oxygens (including phenoxy) is 1. The highest BCUT2D eigenvalue weighted by molar-refractivity contribution is 7.92. The number of rotatable bonds is 3. The molecule has 104 valence electrons. The van der Waals surface area contributed by atoms with E-state index in [2.05, 4.69) is 0 Å². The minimum Gasteiger partial charge on any atom is -0.379 e. The van der Waals surface area contributed by atoms with Crippen molar-refractivity contribution in [3.8, 4) is 0 Å². The second-order valence-corrected chi connectivity index (χ2v) is 7.82. The molecule has 0 atom stereocenters. The summed E-state index contributed by atoms with van der Waals surface area (Å²) in [4.78, 5) is 0.381. The van der Waals surface area contributed by atoms with Crippen LogP contribution in [0, 0.1) is 0 Å². The molecule has 19 heavy (non-hydrogen) atoms. The Morgan fingerprint density at radius 3 is 2.16 bits per heavy atom. The normalized spacial score (nSPS) is 23.2. The van der Waals surface area contributed by atoms with E-state index in [4.69, 9.17) is 10.5 Å². The molecule has 1 aromatic carbocycles. The Bertz CT molecular complexity index is 555. The molecule has 4 nitrogen and oxygen atoms in total. The number of hydrogen-bond acceptors (Lipinski definition) is 4. The van der Waals surface area contributed by atoms with Crippen molar-refractivity contribution in [3.63, 3.8) is 0 Å². The number of hydrogen-bond donors (Lipinski definition) is 1. The van der Waals surface area contributed by atoms with Crippen molar-refractivity contribution in [2.75, 3.05) is 13.2 Å². The highest BCUT2D eigenvalue weighted by Crippen LogP contribution is 2.36. The van der Waals surface area contributed by atoms with Gasteiger partial charge in [-0.25, -0.2) is 8.42 Å². The SMILES string of the molecule is NC1(c2ccc(S(=O)(=O)C3COC3)cc2)CCCC1. The summed E-state index contributed by atoms with van der Waals surface area (Å²) in [5.74, 6) is 0. The molecule has 1 aliphatic carbocycles. The van der Waals surface area contributed by atoms with Crippen LogP contribution in [0.15, 0.2) is 29.2 Å². The molecule has 0 unspecified atom stereocenters. The van der Waals surface area contributed by atoms with E-state index in [1.165, 1.54) is 0 Å². The minimum atomic E-state index is -3.23. The molecule has 1 aromatic rings.